The second-order valence-electron chi connectivity index (χ2n) is 5.06. The van der Waals surface area contributed by atoms with E-state index in [1.54, 1.807) is 0 Å². The van der Waals surface area contributed by atoms with E-state index in [9.17, 15) is 13.6 Å². The molecule has 8 heteroatoms. The number of carbonyl (C=O) groups is 1. The third-order valence-corrected chi connectivity index (χ3v) is 4.84. The third-order valence-electron chi connectivity index (χ3n) is 3.38. The van der Waals surface area contributed by atoms with Gasteiger partial charge < -0.3 is 5.32 Å². The van der Waals surface area contributed by atoms with Crippen molar-refractivity contribution in [2.75, 3.05) is 6.54 Å². The van der Waals surface area contributed by atoms with Crippen LogP contribution in [-0.2, 0) is 6.54 Å². The van der Waals surface area contributed by atoms with E-state index >= 15 is 0 Å². The number of hydrogen-bond donors (Lipinski definition) is 1. The van der Waals surface area contributed by atoms with Crippen molar-refractivity contribution in [3.8, 4) is 0 Å². The van der Waals surface area contributed by atoms with Crippen molar-refractivity contribution >= 4 is 33.4 Å². The lowest BCUT2D eigenvalue weighted by molar-refractivity contribution is 0.0952. The van der Waals surface area contributed by atoms with E-state index in [1.807, 2.05) is 18.5 Å². The molecule has 1 aromatic heterocycles. The summed E-state index contributed by atoms with van der Waals surface area (Å²) in [5.74, 6) is -2.72. The molecule has 1 aromatic carbocycles. The normalized spacial score (nSPS) is 10.9. The number of nitrogens with zero attached hydrogens (tertiary/aromatic N) is 2. The van der Waals surface area contributed by atoms with Crippen LogP contribution < -0.4 is 5.32 Å². The van der Waals surface area contributed by atoms with E-state index in [2.05, 4.69) is 26.3 Å². The molecule has 0 unspecified atom stereocenters. The Morgan fingerprint density at radius 2 is 2.00 bits per heavy atom. The highest BCUT2D eigenvalue weighted by atomic mass is 79.9. The average molecular weight is 407 g/mol. The number of hydrogen-bond acceptors (Lipinski definition) is 2. The Morgan fingerprint density at radius 1 is 1.35 bits per heavy atom. The molecule has 0 saturated heterocycles. The fraction of sp³-hybridized carbons (Fsp3) is 0.333. The first kappa shape index (κ1) is 17.9. The van der Waals surface area contributed by atoms with Crippen LogP contribution >= 0.6 is 27.5 Å². The summed E-state index contributed by atoms with van der Waals surface area (Å²) in [7, 11) is 0. The molecule has 0 saturated carbocycles. The molecule has 0 radical (unpaired) electrons. The first-order valence-corrected chi connectivity index (χ1v) is 8.10. The first-order valence-electron chi connectivity index (χ1n) is 6.93. The van der Waals surface area contributed by atoms with Crippen molar-refractivity contribution in [3.05, 3.63) is 50.2 Å². The highest BCUT2D eigenvalue weighted by Crippen LogP contribution is 2.21. The van der Waals surface area contributed by atoms with Gasteiger partial charge in [0.25, 0.3) is 5.91 Å². The van der Waals surface area contributed by atoms with Gasteiger partial charge in [-0.05, 0) is 48.3 Å². The van der Waals surface area contributed by atoms with Gasteiger partial charge in [-0.15, -0.1) is 0 Å². The third kappa shape index (κ3) is 4.09. The molecule has 0 aliphatic rings. The predicted molar refractivity (Wildman–Crippen MR) is 87.7 cm³/mol. The highest BCUT2D eigenvalue weighted by Gasteiger charge is 2.14. The molecule has 0 bridgehead atoms. The van der Waals surface area contributed by atoms with Gasteiger partial charge in [-0.2, -0.15) is 5.10 Å². The van der Waals surface area contributed by atoms with Gasteiger partial charge in [-0.1, -0.05) is 11.6 Å². The zero-order valence-electron chi connectivity index (χ0n) is 12.6. The average Bonchev–Trinajstić information content (AvgIpc) is 2.74. The van der Waals surface area contributed by atoms with E-state index in [4.69, 9.17) is 11.6 Å². The standard InChI is InChI=1S/C15H15BrClF2N3O/c1-8-14(16)9(2)22(21-8)5-3-4-20-15(23)10-6-12(18)13(19)7-11(10)17/h6-7H,3-5H2,1-2H3,(H,20,23). The van der Waals surface area contributed by atoms with Crippen molar-refractivity contribution in [3.63, 3.8) is 0 Å². The zero-order chi connectivity index (χ0) is 17.1. The Labute approximate surface area is 145 Å². The molecule has 4 nitrogen and oxygen atoms in total. The van der Waals surface area contributed by atoms with Crippen LogP contribution in [0.1, 0.15) is 28.2 Å². The van der Waals surface area contributed by atoms with E-state index in [1.165, 1.54) is 0 Å². The van der Waals surface area contributed by atoms with Crippen LogP contribution in [-0.4, -0.2) is 22.2 Å². The maximum atomic E-state index is 13.2. The van der Waals surface area contributed by atoms with Gasteiger partial charge in [0.05, 0.1) is 20.8 Å². The minimum absolute atomic E-state index is 0.0839. The van der Waals surface area contributed by atoms with Crippen LogP contribution in [0.4, 0.5) is 8.78 Å². The summed E-state index contributed by atoms with van der Waals surface area (Å²) in [5.41, 5.74) is 1.83. The Balaban J connectivity index is 1.90. The molecule has 0 aliphatic carbocycles. The van der Waals surface area contributed by atoms with Gasteiger partial charge in [-0.25, -0.2) is 8.78 Å². The maximum Gasteiger partial charge on any atom is 0.252 e. The molecular formula is C15H15BrClF2N3O. The number of halogens is 4. The first-order chi connectivity index (χ1) is 10.8. The fourth-order valence-corrected chi connectivity index (χ4v) is 2.64. The van der Waals surface area contributed by atoms with E-state index in [-0.39, 0.29) is 10.6 Å². The molecule has 124 valence electrons. The molecule has 1 amide bonds. The summed E-state index contributed by atoms with van der Waals surface area (Å²) in [6.45, 7) is 4.85. The maximum absolute atomic E-state index is 13.2. The van der Waals surface area contributed by atoms with Crippen LogP contribution in [0.5, 0.6) is 0 Å². The largest absolute Gasteiger partial charge is 0.352 e. The second kappa shape index (κ2) is 7.40. The Kier molecular flexibility index (Phi) is 5.75. The number of aromatic nitrogens is 2. The quantitative estimate of drug-likeness (QED) is 0.602. The number of benzene rings is 1. The molecule has 0 atom stereocenters. The molecule has 2 aromatic rings. The summed E-state index contributed by atoms with van der Waals surface area (Å²) in [5, 5.41) is 6.88. The summed E-state index contributed by atoms with van der Waals surface area (Å²) in [6, 6.07) is 1.59. The number of rotatable bonds is 5. The second-order valence-corrected chi connectivity index (χ2v) is 6.26. The summed E-state index contributed by atoms with van der Waals surface area (Å²) >= 11 is 9.21. The van der Waals surface area contributed by atoms with Crippen LogP contribution in [0.15, 0.2) is 16.6 Å². The Hall–Kier alpha value is -1.47. The smallest absolute Gasteiger partial charge is 0.252 e. The summed E-state index contributed by atoms with van der Waals surface area (Å²) < 4.78 is 29.0. The van der Waals surface area contributed by atoms with E-state index < -0.39 is 17.5 Å². The van der Waals surface area contributed by atoms with Crippen molar-refractivity contribution < 1.29 is 13.6 Å². The lowest BCUT2D eigenvalue weighted by Crippen LogP contribution is -2.26. The topological polar surface area (TPSA) is 46.9 Å². The van der Waals surface area contributed by atoms with Crippen molar-refractivity contribution in [1.29, 1.82) is 0 Å². The lowest BCUT2D eigenvalue weighted by Gasteiger charge is -2.08. The van der Waals surface area contributed by atoms with Crippen LogP contribution in [0.3, 0.4) is 0 Å². The van der Waals surface area contributed by atoms with Gasteiger partial charge in [0.15, 0.2) is 11.6 Å². The summed E-state index contributed by atoms with van der Waals surface area (Å²) in [4.78, 5) is 12.0. The molecule has 1 heterocycles. The minimum atomic E-state index is -1.10. The molecule has 0 fully saturated rings. The number of aryl methyl sites for hydroxylation is 2. The van der Waals surface area contributed by atoms with Gasteiger partial charge in [0.1, 0.15) is 0 Å². The number of carbonyl (C=O) groups excluding carboxylic acids is 1. The fourth-order valence-electron chi connectivity index (χ4n) is 2.12. The monoisotopic (exact) mass is 405 g/mol. The van der Waals surface area contributed by atoms with Gasteiger partial charge >= 0.3 is 0 Å². The molecular weight excluding hydrogens is 392 g/mol. The molecule has 23 heavy (non-hydrogen) atoms. The zero-order valence-corrected chi connectivity index (χ0v) is 14.9. The molecule has 1 N–H and O–H groups in total. The van der Waals surface area contributed by atoms with E-state index in [0.29, 0.717) is 19.5 Å². The Morgan fingerprint density at radius 3 is 2.61 bits per heavy atom. The molecule has 0 aliphatic heterocycles. The van der Waals surface area contributed by atoms with Gasteiger partial charge in [0, 0.05) is 18.8 Å². The molecule has 0 spiro atoms. The summed E-state index contributed by atoms with van der Waals surface area (Å²) in [6.07, 6.45) is 0.640. The van der Waals surface area contributed by atoms with Crippen molar-refractivity contribution in [2.45, 2.75) is 26.8 Å². The van der Waals surface area contributed by atoms with Crippen LogP contribution in [0.25, 0.3) is 0 Å². The van der Waals surface area contributed by atoms with Crippen LogP contribution in [0, 0.1) is 25.5 Å². The van der Waals surface area contributed by atoms with Gasteiger partial charge in [0.2, 0.25) is 0 Å². The van der Waals surface area contributed by atoms with Crippen molar-refractivity contribution in [2.24, 2.45) is 0 Å². The van der Waals surface area contributed by atoms with Gasteiger partial charge in [-0.3, -0.25) is 9.48 Å². The highest BCUT2D eigenvalue weighted by molar-refractivity contribution is 9.10. The van der Waals surface area contributed by atoms with E-state index in [0.717, 1.165) is 28.0 Å². The SMILES string of the molecule is Cc1nn(CCCNC(=O)c2cc(F)c(F)cc2Cl)c(C)c1Br. The Bertz CT molecular complexity index is 749. The molecule has 2 rings (SSSR count). The van der Waals surface area contributed by atoms with Crippen molar-refractivity contribution in [1.82, 2.24) is 15.1 Å². The number of nitrogens with one attached hydrogen (secondary N) is 1. The minimum Gasteiger partial charge on any atom is -0.352 e. The van der Waals surface area contributed by atoms with Crippen LogP contribution in [0.2, 0.25) is 5.02 Å². The lowest BCUT2D eigenvalue weighted by atomic mass is 10.2. The number of amides is 1. The predicted octanol–water partition coefficient (Wildman–Crippen LogP) is 4.01.